The van der Waals surface area contributed by atoms with E-state index in [1.807, 2.05) is 4.90 Å². The Morgan fingerprint density at radius 2 is 1.71 bits per heavy atom. The number of rotatable bonds is 5. The number of aryl methyl sites for hydroxylation is 3. The number of nitrogens with zero attached hydrogens (tertiary/aromatic N) is 2. The van der Waals surface area contributed by atoms with Crippen molar-refractivity contribution in [2.75, 3.05) is 16.8 Å². The Bertz CT molecular complexity index is 1480. The molecule has 2 heterocycles. The number of nitrogens with one attached hydrogen (secondary N) is 1. The second-order valence-electron chi connectivity index (χ2n) is 12.4. The second-order valence-corrected chi connectivity index (χ2v) is 12.4. The summed E-state index contributed by atoms with van der Waals surface area (Å²) in [4.78, 5) is 31.7. The molecule has 3 fully saturated rings. The molecule has 2 aliphatic heterocycles. The molecular weight excluding hydrogens is 513 g/mol. The summed E-state index contributed by atoms with van der Waals surface area (Å²) in [5, 5.41) is 3.68. The summed E-state index contributed by atoms with van der Waals surface area (Å²) >= 11 is 0. The molecule has 7 rings (SSSR count). The number of carbonyl (C=O) groups excluding carboxylic acids is 2. The van der Waals surface area contributed by atoms with Crippen LogP contribution in [0, 0.1) is 12.7 Å². The van der Waals surface area contributed by atoms with Crippen LogP contribution >= 0.6 is 0 Å². The van der Waals surface area contributed by atoms with Gasteiger partial charge < -0.3 is 10.2 Å². The van der Waals surface area contributed by atoms with Gasteiger partial charge in [0.05, 0.1) is 11.6 Å². The summed E-state index contributed by atoms with van der Waals surface area (Å²) in [5.74, 6) is -0.812. The molecule has 2 saturated heterocycles. The number of benzene rings is 3. The highest BCUT2D eigenvalue weighted by Crippen LogP contribution is 2.56. The van der Waals surface area contributed by atoms with Gasteiger partial charge in [-0.15, -0.1) is 0 Å². The summed E-state index contributed by atoms with van der Waals surface area (Å²) in [7, 11) is 0. The zero-order chi connectivity index (χ0) is 28.1. The first-order chi connectivity index (χ1) is 20.0. The third-order valence-electron chi connectivity index (χ3n) is 9.88. The Labute approximate surface area is 241 Å². The Morgan fingerprint density at radius 3 is 2.49 bits per heavy atom. The molecule has 1 spiro atoms. The minimum atomic E-state index is -0.849. The largest absolute Gasteiger partial charge is 0.382 e. The number of fused-ring (bicyclic) bond motifs is 1. The highest BCUT2D eigenvalue weighted by Gasteiger charge is 2.70. The average Bonchev–Trinajstić information content (AvgIpc) is 3.29. The van der Waals surface area contributed by atoms with Gasteiger partial charge in [0.1, 0.15) is 5.82 Å². The predicted molar refractivity (Wildman–Crippen MR) is 160 cm³/mol. The maximum atomic E-state index is 15.1. The van der Waals surface area contributed by atoms with E-state index in [4.69, 9.17) is 0 Å². The monoisotopic (exact) mass is 551 g/mol. The van der Waals surface area contributed by atoms with Gasteiger partial charge in [-0.3, -0.25) is 14.5 Å². The lowest BCUT2D eigenvalue weighted by atomic mass is 9.82. The van der Waals surface area contributed by atoms with Crippen molar-refractivity contribution in [1.29, 1.82) is 0 Å². The highest BCUT2D eigenvalue weighted by atomic mass is 19.1. The zero-order valence-electron chi connectivity index (χ0n) is 23.8. The molecule has 2 aliphatic carbocycles. The van der Waals surface area contributed by atoms with Gasteiger partial charge in [-0.2, -0.15) is 0 Å². The quantitative estimate of drug-likeness (QED) is 0.343. The van der Waals surface area contributed by atoms with E-state index < -0.39 is 17.4 Å². The Kier molecular flexibility index (Phi) is 6.60. The molecule has 5 nitrogen and oxygen atoms in total. The molecule has 1 saturated carbocycles. The van der Waals surface area contributed by atoms with Crippen LogP contribution in [0.4, 0.5) is 15.8 Å². The van der Waals surface area contributed by atoms with Gasteiger partial charge in [-0.1, -0.05) is 49.6 Å². The van der Waals surface area contributed by atoms with Crippen LogP contribution in [0.25, 0.3) is 0 Å². The van der Waals surface area contributed by atoms with Crippen molar-refractivity contribution in [3.63, 3.8) is 0 Å². The van der Waals surface area contributed by atoms with Crippen LogP contribution < -0.4 is 10.2 Å². The molecule has 3 aromatic rings. The molecule has 212 valence electrons. The summed E-state index contributed by atoms with van der Waals surface area (Å²) in [6, 6.07) is 19.4. The fourth-order valence-electron chi connectivity index (χ4n) is 7.78. The van der Waals surface area contributed by atoms with Gasteiger partial charge >= 0.3 is 0 Å². The second kappa shape index (κ2) is 10.3. The molecule has 0 bridgehead atoms. The zero-order valence-corrected chi connectivity index (χ0v) is 23.8. The van der Waals surface area contributed by atoms with Crippen LogP contribution in [0.3, 0.4) is 0 Å². The van der Waals surface area contributed by atoms with Gasteiger partial charge in [0.25, 0.3) is 11.8 Å². The number of likely N-dealkylation sites (tertiary alicyclic amines) is 1. The predicted octanol–water partition coefficient (Wildman–Crippen LogP) is 7.13. The molecule has 2 unspecified atom stereocenters. The Hall–Kier alpha value is -3.67. The number of hydrogen-bond acceptors (Lipinski definition) is 3. The van der Waals surface area contributed by atoms with Crippen molar-refractivity contribution < 1.29 is 14.0 Å². The van der Waals surface area contributed by atoms with Crippen molar-refractivity contribution in [1.82, 2.24) is 4.90 Å². The molecule has 3 aromatic carbocycles. The van der Waals surface area contributed by atoms with E-state index in [1.54, 1.807) is 24.0 Å². The van der Waals surface area contributed by atoms with Crippen LogP contribution in [0.15, 0.2) is 60.7 Å². The third-order valence-corrected chi connectivity index (χ3v) is 9.88. The standard InChI is InChI=1S/C35H38FN3O2/c1-23-8-5-13-30(36)31(23)33(40)38-21-7-20-35(34(41)39(35)29-19-16-24-9-6-10-26(24)22-29)32(38)25-14-17-28(18-15-25)37-27-11-3-2-4-12-27/h5,8,13-19,22,27,32,37H,2-4,6-7,9-12,20-21H2,1H3. The van der Waals surface area contributed by atoms with Gasteiger partial charge in [-0.25, -0.2) is 4.39 Å². The summed E-state index contributed by atoms with van der Waals surface area (Å²) in [5.41, 5.74) is 5.43. The first-order valence-corrected chi connectivity index (χ1v) is 15.4. The molecule has 6 heteroatoms. The molecule has 0 aromatic heterocycles. The van der Waals surface area contributed by atoms with Gasteiger partial charge in [0.2, 0.25) is 0 Å². The van der Waals surface area contributed by atoms with Gasteiger partial charge in [0.15, 0.2) is 5.54 Å². The molecule has 1 N–H and O–H groups in total. The van der Waals surface area contributed by atoms with Crippen molar-refractivity contribution in [3.8, 4) is 0 Å². The normalized spacial score (nSPS) is 24.0. The molecular formula is C35H38FN3O2. The van der Waals surface area contributed by atoms with Crippen LogP contribution in [-0.2, 0) is 17.6 Å². The maximum absolute atomic E-state index is 15.1. The number of piperidine rings is 1. The number of hydrogen-bond donors (Lipinski definition) is 1. The lowest BCUT2D eigenvalue weighted by molar-refractivity contribution is -0.112. The topological polar surface area (TPSA) is 52.4 Å². The van der Waals surface area contributed by atoms with E-state index in [1.165, 1.54) is 49.3 Å². The maximum Gasteiger partial charge on any atom is 0.257 e. The van der Waals surface area contributed by atoms with Crippen LogP contribution in [-0.4, -0.2) is 34.8 Å². The minimum Gasteiger partial charge on any atom is -0.382 e. The van der Waals surface area contributed by atoms with Gasteiger partial charge in [0, 0.05) is 24.0 Å². The summed E-state index contributed by atoms with van der Waals surface area (Å²) in [6.07, 6.45) is 10.8. The van der Waals surface area contributed by atoms with E-state index in [0.29, 0.717) is 31.0 Å². The molecule has 0 radical (unpaired) electrons. The fourth-order valence-corrected chi connectivity index (χ4v) is 7.78. The minimum absolute atomic E-state index is 0.0487. The fraction of sp³-hybridized carbons (Fsp3) is 0.429. The first kappa shape index (κ1) is 26.2. The lowest BCUT2D eigenvalue weighted by Gasteiger charge is -2.41. The van der Waals surface area contributed by atoms with E-state index in [9.17, 15) is 9.59 Å². The van der Waals surface area contributed by atoms with Crippen molar-refractivity contribution in [3.05, 3.63) is 94.3 Å². The van der Waals surface area contributed by atoms with E-state index in [-0.39, 0.29) is 17.4 Å². The average molecular weight is 552 g/mol. The molecule has 41 heavy (non-hydrogen) atoms. The number of amides is 2. The van der Waals surface area contributed by atoms with Crippen LogP contribution in [0.1, 0.15) is 90.0 Å². The molecule has 2 atom stereocenters. The highest BCUT2D eigenvalue weighted by molar-refractivity contribution is 6.21. The number of carbonyl (C=O) groups is 2. The lowest BCUT2D eigenvalue weighted by Crippen LogP contribution is -2.49. The van der Waals surface area contributed by atoms with Crippen molar-refractivity contribution in [2.24, 2.45) is 0 Å². The van der Waals surface area contributed by atoms with Crippen molar-refractivity contribution in [2.45, 2.75) is 88.8 Å². The Balaban J connectivity index is 1.27. The number of anilines is 2. The molecule has 4 aliphatic rings. The van der Waals surface area contributed by atoms with E-state index in [0.717, 1.165) is 36.2 Å². The first-order valence-electron chi connectivity index (χ1n) is 15.4. The molecule has 2 amide bonds. The smallest absolute Gasteiger partial charge is 0.257 e. The van der Waals surface area contributed by atoms with E-state index >= 15 is 4.39 Å². The Morgan fingerprint density at radius 1 is 0.927 bits per heavy atom. The van der Waals surface area contributed by atoms with E-state index in [2.05, 4.69) is 47.8 Å². The summed E-state index contributed by atoms with van der Waals surface area (Å²) in [6.45, 7) is 2.25. The van der Waals surface area contributed by atoms with Crippen LogP contribution in [0.5, 0.6) is 0 Å². The van der Waals surface area contributed by atoms with Gasteiger partial charge in [-0.05, 0) is 104 Å². The SMILES string of the molecule is Cc1cccc(F)c1C(=O)N1CCCC2(C(=O)N2c2ccc3c(c2)CCC3)C1c1ccc(NC2CCCCC2)cc1. The van der Waals surface area contributed by atoms with Crippen molar-refractivity contribution >= 4 is 23.2 Å². The van der Waals surface area contributed by atoms with Crippen LogP contribution in [0.2, 0.25) is 0 Å². The summed E-state index contributed by atoms with van der Waals surface area (Å²) < 4.78 is 15.1. The number of halogens is 1. The third kappa shape index (κ3) is 4.43.